The molecule has 2 aromatic rings. The molecular weight excluding hydrogens is 306 g/mol. The molecule has 116 valence electrons. The first-order valence-corrected chi connectivity index (χ1v) is 7.05. The Morgan fingerprint density at radius 1 is 1.05 bits per heavy atom. The number of ether oxygens (including phenoxy) is 1. The van der Waals surface area contributed by atoms with Gasteiger partial charge in [0.1, 0.15) is 5.75 Å². The van der Waals surface area contributed by atoms with Crippen molar-refractivity contribution in [3.05, 3.63) is 53.6 Å². The summed E-state index contributed by atoms with van der Waals surface area (Å²) in [5, 5.41) is 6.18. The van der Waals surface area contributed by atoms with E-state index in [-0.39, 0.29) is 5.75 Å². The fraction of sp³-hybridized carbons (Fsp3) is 0.188. The van der Waals surface area contributed by atoms with Crippen molar-refractivity contribution in [2.75, 3.05) is 10.6 Å². The molecule has 0 amide bonds. The van der Waals surface area contributed by atoms with Gasteiger partial charge in [0.2, 0.25) is 0 Å². The van der Waals surface area contributed by atoms with Gasteiger partial charge in [-0.15, -0.1) is 0 Å². The zero-order valence-electron chi connectivity index (χ0n) is 12.2. The van der Waals surface area contributed by atoms with Gasteiger partial charge in [0.25, 0.3) is 0 Å². The lowest BCUT2D eigenvalue weighted by molar-refractivity contribution is -0.0493. The van der Waals surface area contributed by atoms with Crippen molar-refractivity contribution < 1.29 is 13.5 Å². The van der Waals surface area contributed by atoms with E-state index in [1.165, 1.54) is 11.6 Å². The Morgan fingerprint density at radius 3 is 2.45 bits per heavy atom. The Labute approximate surface area is 133 Å². The van der Waals surface area contributed by atoms with Crippen molar-refractivity contribution in [2.24, 2.45) is 0 Å². The zero-order valence-corrected chi connectivity index (χ0v) is 13.0. The fourth-order valence-electron chi connectivity index (χ4n) is 1.87. The van der Waals surface area contributed by atoms with Gasteiger partial charge in [-0.1, -0.05) is 18.2 Å². The highest BCUT2D eigenvalue weighted by molar-refractivity contribution is 7.80. The first kappa shape index (κ1) is 16.2. The molecule has 0 aliphatic heterocycles. The second kappa shape index (κ2) is 7.17. The van der Waals surface area contributed by atoms with Gasteiger partial charge in [-0.25, -0.2) is 0 Å². The minimum atomic E-state index is -2.88. The van der Waals surface area contributed by atoms with Crippen molar-refractivity contribution in [3.63, 3.8) is 0 Å². The molecule has 0 spiro atoms. The van der Waals surface area contributed by atoms with Crippen LogP contribution in [0, 0.1) is 13.8 Å². The molecule has 2 N–H and O–H groups in total. The maximum Gasteiger partial charge on any atom is 0.387 e. The third-order valence-corrected chi connectivity index (χ3v) is 3.32. The number of halogens is 2. The fourth-order valence-corrected chi connectivity index (χ4v) is 2.10. The van der Waals surface area contributed by atoms with E-state index in [9.17, 15) is 8.78 Å². The number of benzene rings is 2. The van der Waals surface area contributed by atoms with E-state index in [0.717, 1.165) is 11.3 Å². The molecule has 0 fully saturated rings. The van der Waals surface area contributed by atoms with Gasteiger partial charge in [-0.05, 0) is 61.5 Å². The minimum absolute atomic E-state index is 0.0433. The van der Waals surface area contributed by atoms with Gasteiger partial charge in [0.15, 0.2) is 5.11 Å². The number of alkyl halides is 2. The molecule has 0 aromatic heterocycles. The van der Waals surface area contributed by atoms with Crippen LogP contribution in [0.15, 0.2) is 42.5 Å². The predicted octanol–water partition coefficient (Wildman–Crippen LogP) is 4.71. The Hall–Kier alpha value is -2.21. The quantitative estimate of drug-likeness (QED) is 0.799. The highest BCUT2D eigenvalue weighted by atomic mass is 32.1. The first-order chi connectivity index (χ1) is 10.5. The first-order valence-electron chi connectivity index (χ1n) is 6.65. The van der Waals surface area contributed by atoms with Crippen LogP contribution in [0.4, 0.5) is 20.2 Å². The summed E-state index contributed by atoms with van der Waals surface area (Å²) in [5.41, 5.74) is 3.52. The SMILES string of the molecule is Cc1ccc(NC(=S)Nc2ccccc2OC(F)F)cc1C. The molecule has 0 saturated heterocycles. The van der Waals surface area contributed by atoms with Crippen molar-refractivity contribution in [1.29, 1.82) is 0 Å². The van der Waals surface area contributed by atoms with Gasteiger partial charge < -0.3 is 15.4 Å². The highest BCUT2D eigenvalue weighted by Gasteiger charge is 2.10. The Kier molecular flexibility index (Phi) is 5.27. The summed E-state index contributed by atoms with van der Waals surface area (Å²) in [4.78, 5) is 0. The topological polar surface area (TPSA) is 33.3 Å². The second-order valence-corrected chi connectivity index (χ2v) is 5.16. The summed E-state index contributed by atoms with van der Waals surface area (Å²) in [6.07, 6.45) is 0. The molecule has 0 bridgehead atoms. The maximum absolute atomic E-state index is 12.4. The predicted molar refractivity (Wildman–Crippen MR) is 88.8 cm³/mol. The van der Waals surface area contributed by atoms with E-state index in [1.807, 2.05) is 32.0 Å². The Bertz CT molecular complexity index is 677. The van der Waals surface area contributed by atoms with Gasteiger partial charge in [-0.2, -0.15) is 8.78 Å². The van der Waals surface area contributed by atoms with Crippen LogP contribution in [0.3, 0.4) is 0 Å². The average Bonchev–Trinajstić information content (AvgIpc) is 2.44. The number of aryl methyl sites for hydroxylation is 2. The molecule has 0 radical (unpaired) electrons. The van der Waals surface area contributed by atoms with Crippen LogP contribution in [0.2, 0.25) is 0 Å². The Balaban J connectivity index is 2.07. The van der Waals surface area contributed by atoms with E-state index < -0.39 is 6.61 Å². The highest BCUT2D eigenvalue weighted by Crippen LogP contribution is 2.25. The monoisotopic (exact) mass is 322 g/mol. The molecule has 2 aromatic carbocycles. The molecule has 0 heterocycles. The third kappa shape index (κ3) is 4.39. The summed E-state index contributed by atoms with van der Waals surface area (Å²) in [7, 11) is 0. The van der Waals surface area contributed by atoms with Crippen molar-refractivity contribution >= 4 is 28.7 Å². The van der Waals surface area contributed by atoms with Crippen molar-refractivity contribution in [3.8, 4) is 5.75 Å². The molecule has 0 atom stereocenters. The molecule has 6 heteroatoms. The molecule has 2 rings (SSSR count). The Morgan fingerprint density at radius 2 is 1.77 bits per heavy atom. The van der Waals surface area contributed by atoms with Crippen LogP contribution < -0.4 is 15.4 Å². The van der Waals surface area contributed by atoms with E-state index in [0.29, 0.717) is 10.8 Å². The number of para-hydroxylation sites is 2. The number of anilines is 2. The van der Waals surface area contributed by atoms with Crippen LogP contribution >= 0.6 is 12.2 Å². The smallest absolute Gasteiger partial charge is 0.387 e. The standard InChI is InChI=1S/C16H16F2N2OS/c1-10-7-8-12(9-11(10)2)19-16(22)20-13-5-3-4-6-14(13)21-15(17)18/h3-9,15H,1-2H3,(H2,19,20,22). The summed E-state index contributed by atoms with van der Waals surface area (Å²) < 4.78 is 29.2. The molecule has 0 aliphatic rings. The molecule has 0 aliphatic carbocycles. The lowest BCUT2D eigenvalue weighted by atomic mass is 10.1. The van der Waals surface area contributed by atoms with Gasteiger partial charge >= 0.3 is 6.61 Å². The van der Waals surface area contributed by atoms with Crippen LogP contribution in [0.25, 0.3) is 0 Å². The number of nitrogens with one attached hydrogen (secondary N) is 2. The van der Waals surface area contributed by atoms with Crippen LogP contribution in [-0.4, -0.2) is 11.7 Å². The second-order valence-electron chi connectivity index (χ2n) is 4.75. The number of hydrogen-bond donors (Lipinski definition) is 2. The average molecular weight is 322 g/mol. The molecule has 3 nitrogen and oxygen atoms in total. The zero-order chi connectivity index (χ0) is 16.1. The molecular formula is C16H16F2N2OS. The summed E-state index contributed by atoms with van der Waals surface area (Å²) in [6, 6.07) is 12.2. The van der Waals surface area contributed by atoms with Crippen LogP contribution in [0.5, 0.6) is 5.75 Å². The largest absolute Gasteiger partial charge is 0.433 e. The van der Waals surface area contributed by atoms with Gasteiger partial charge in [-0.3, -0.25) is 0 Å². The van der Waals surface area contributed by atoms with E-state index in [1.54, 1.807) is 18.2 Å². The van der Waals surface area contributed by atoms with Crippen LogP contribution in [0.1, 0.15) is 11.1 Å². The van der Waals surface area contributed by atoms with E-state index in [4.69, 9.17) is 12.2 Å². The molecule has 22 heavy (non-hydrogen) atoms. The summed E-state index contributed by atoms with van der Waals surface area (Å²) in [6.45, 7) is 1.14. The van der Waals surface area contributed by atoms with Crippen molar-refractivity contribution in [2.45, 2.75) is 20.5 Å². The number of hydrogen-bond acceptors (Lipinski definition) is 2. The van der Waals surface area contributed by atoms with Gasteiger partial charge in [0, 0.05) is 5.69 Å². The van der Waals surface area contributed by atoms with Gasteiger partial charge in [0.05, 0.1) is 5.69 Å². The van der Waals surface area contributed by atoms with Crippen LogP contribution in [-0.2, 0) is 0 Å². The normalized spacial score (nSPS) is 10.4. The number of rotatable bonds is 4. The lowest BCUT2D eigenvalue weighted by Crippen LogP contribution is -2.20. The molecule has 0 unspecified atom stereocenters. The third-order valence-electron chi connectivity index (χ3n) is 3.12. The van der Waals surface area contributed by atoms with E-state index >= 15 is 0 Å². The lowest BCUT2D eigenvalue weighted by Gasteiger charge is -2.15. The van der Waals surface area contributed by atoms with E-state index in [2.05, 4.69) is 15.4 Å². The molecule has 0 saturated carbocycles. The summed E-state index contributed by atoms with van der Waals surface area (Å²) >= 11 is 5.20. The minimum Gasteiger partial charge on any atom is -0.433 e. The number of thiocarbonyl (C=S) groups is 1. The maximum atomic E-state index is 12.4. The summed E-state index contributed by atoms with van der Waals surface area (Å²) in [5.74, 6) is 0.0433. The van der Waals surface area contributed by atoms with Crippen molar-refractivity contribution in [1.82, 2.24) is 0 Å².